The first-order chi connectivity index (χ1) is 10.6. The highest BCUT2D eigenvalue weighted by Gasteiger charge is 2.19. The van der Waals surface area contributed by atoms with Gasteiger partial charge in [-0.1, -0.05) is 19.1 Å². The quantitative estimate of drug-likeness (QED) is 0.402. The van der Waals surface area contributed by atoms with Gasteiger partial charge in [0, 0.05) is 31.8 Å². The molecule has 1 aliphatic rings. The van der Waals surface area contributed by atoms with Gasteiger partial charge in [-0.3, -0.25) is 10.1 Å². The van der Waals surface area contributed by atoms with Gasteiger partial charge in [0.15, 0.2) is 5.96 Å². The van der Waals surface area contributed by atoms with Gasteiger partial charge in [0.1, 0.15) is 0 Å². The van der Waals surface area contributed by atoms with Crippen LogP contribution in [-0.2, 0) is 6.54 Å². The predicted molar refractivity (Wildman–Crippen MR) is 87.9 cm³/mol. The number of likely N-dealkylation sites (tertiary alicyclic amines) is 1. The molecule has 6 heteroatoms. The van der Waals surface area contributed by atoms with Crippen molar-refractivity contribution in [2.75, 3.05) is 19.6 Å². The van der Waals surface area contributed by atoms with Crippen LogP contribution in [0.15, 0.2) is 29.3 Å². The standard InChI is InChI=1S/C16H24N4O2/c1-3-17-16(19-9-5-6-13(2)12-19)18-11-14-7-4-8-15(10-14)20(21)22/h4,7-8,10,13H,3,5-6,9,11-12H2,1-2H3,(H,17,18). The smallest absolute Gasteiger partial charge is 0.269 e. The monoisotopic (exact) mass is 304 g/mol. The average molecular weight is 304 g/mol. The van der Waals surface area contributed by atoms with Crippen LogP contribution in [0.1, 0.15) is 32.3 Å². The number of piperidine rings is 1. The maximum absolute atomic E-state index is 10.8. The summed E-state index contributed by atoms with van der Waals surface area (Å²) in [5.74, 6) is 1.58. The van der Waals surface area contributed by atoms with Gasteiger partial charge in [-0.2, -0.15) is 0 Å². The van der Waals surface area contributed by atoms with Crippen molar-refractivity contribution in [2.45, 2.75) is 33.2 Å². The number of rotatable bonds is 4. The Hall–Kier alpha value is -2.11. The summed E-state index contributed by atoms with van der Waals surface area (Å²) in [7, 11) is 0. The first-order valence-corrected chi connectivity index (χ1v) is 7.86. The number of nitro benzene ring substituents is 1. The van der Waals surface area contributed by atoms with Crippen LogP contribution in [0.3, 0.4) is 0 Å². The Balaban J connectivity index is 2.09. The van der Waals surface area contributed by atoms with E-state index >= 15 is 0 Å². The van der Waals surface area contributed by atoms with Gasteiger partial charge >= 0.3 is 0 Å². The summed E-state index contributed by atoms with van der Waals surface area (Å²) in [5, 5.41) is 14.1. The average Bonchev–Trinajstić information content (AvgIpc) is 2.51. The van der Waals surface area contributed by atoms with Crippen LogP contribution in [0.4, 0.5) is 5.69 Å². The van der Waals surface area contributed by atoms with Crippen LogP contribution < -0.4 is 5.32 Å². The largest absolute Gasteiger partial charge is 0.357 e. The molecule has 0 saturated carbocycles. The second kappa shape index (κ2) is 7.77. The lowest BCUT2D eigenvalue weighted by atomic mass is 10.0. The van der Waals surface area contributed by atoms with E-state index in [1.54, 1.807) is 12.1 Å². The summed E-state index contributed by atoms with van der Waals surface area (Å²) in [6.07, 6.45) is 2.45. The first kappa shape index (κ1) is 16.3. The third-order valence-corrected chi connectivity index (χ3v) is 3.82. The topological polar surface area (TPSA) is 70.8 Å². The number of nitrogens with one attached hydrogen (secondary N) is 1. The molecule has 1 heterocycles. The number of benzene rings is 1. The summed E-state index contributed by atoms with van der Waals surface area (Å²) in [6.45, 7) is 7.62. The molecule has 2 rings (SSSR count). The Bertz CT molecular complexity index is 545. The predicted octanol–water partition coefficient (Wildman–Crippen LogP) is 2.79. The fraction of sp³-hybridized carbons (Fsp3) is 0.562. The van der Waals surface area contributed by atoms with E-state index in [1.165, 1.54) is 18.9 Å². The van der Waals surface area contributed by atoms with E-state index in [2.05, 4.69) is 29.1 Å². The minimum atomic E-state index is -0.370. The van der Waals surface area contributed by atoms with E-state index < -0.39 is 0 Å². The highest BCUT2D eigenvalue weighted by atomic mass is 16.6. The molecule has 6 nitrogen and oxygen atoms in total. The van der Waals surface area contributed by atoms with Crippen LogP contribution in [0, 0.1) is 16.0 Å². The number of guanidine groups is 1. The van der Waals surface area contributed by atoms with Crippen LogP contribution in [0.2, 0.25) is 0 Å². The van der Waals surface area contributed by atoms with E-state index in [-0.39, 0.29) is 10.6 Å². The van der Waals surface area contributed by atoms with Gasteiger partial charge in [-0.25, -0.2) is 4.99 Å². The number of hydrogen-bond donors (Lipinski definition) is 1. The van der Waals surface area contributed by atoms with Crippen molar-refractivity contribution in [1.82, 2.24) is 10.2 Å². The normalized spacial score (nSPS) is 19.1. The molecule has 0 aromatic heterocycles. The molecule has 1 fully saturated rings. The van der Waals surface area contributed by atoms with Crippen molar-refractivity contribution in [3.8, 4) is 0 Å². The SMILES string of the molecule is CCNC(=NCc1cccc([N+](=O)[O-])c1)N1CCCC(C)C1. The minimum absolute atomic E-state index is 0.115. The van der Waals surface area contributed by atoms with Crippen molar-refractivity contribution in [3.05, 3.63) is 39.9 Å². The van der Waals surface area contributed by atoms with E-state index in [4.69, 9.17) is 0 Å². The Kier molecular flexibility index (Phi) is 5.75. The maximum Gasteiger partial charge on any atom is 0.269 e. The van der Waals surface area contributed by atoms with Crippen molar-refractivity contribution in [3.63, 3.8) is 0 Å². The zero-order valence-electron chi connectivity index (χ0n) is 13.3. The molecule has 22 heavy (non-hydrogen) atoms. The van der Waals surface area contributed by atoms with Gasteiger partial charge in [-0.15, -0.1) is 0 Å². The van der Waals surface area contributed by atoms with E-state index in [0.29, 0.717) is 12.5 Å². The fourth-order valence-corrected chi connectivity index (χ4v) is 2.74. The van der Waals surface area contributed by atoms with Crippen molar-refractivity contribution in [2.24, 2.45) is 10.9 Å². The van der Waals surface area contributed by atoms with E-state index in [9.17, 15) is 10.1 Å². The molecule has 0 spiro atoms. The zero-order valence-corrected chi connectivity index (χ0v) is 13.3. The van der Waals surface area contributed by atoms with Gasteiger partial charge in [0.05, 0.1) is 11.5 Å². The second-order valence-corrected chi connectivity index (χ2v) is 5.79. The first-order valence-electron chi connectivity index (χ1n) is 7.86. The Morgan fingerprint density at radius 1 is 1.55 bits per heavy atom. The third kappa shape index (κ3) is 4.44. The lowest BCUT2D eigenvalue weighted by Gasteiger charge is -2.33. The number of nitro groups is 1. The van der Waals surface area contributed by atoms with Crippen molar-refractivity contribution >= 4 is 11.6 Å². The maximum atomic E-state index is 10.8. The molecular weight excluding hydrogens is 280 g/mol. The fourth-order valence-electron chi connectivity index (χ4n) is 2.74. The van der Waals surface area contributed by atoms with Crippen LogP contribution in [0.5, 0.6) is 0 Å². The summed E-state index contributed by atoms with van der Waals surface area (Å²) in [4.78, 5) is 17.4. The summed E-state index contributed by atoms with van der Waals surface area (Å²) < 4.78 is 0. The van der Waals surface area contributed by atoms with Crippen LogP contribution in [-0.4, -0.2) is 35.4 Å². The summed E-state index contributed by atoms with van der Waals surface area (Å²) in [5.41, 5.74) is 0.971. The summed E-state index contributed by atoms with van der Waals surface area (Å²) >= 11 is 0. The molecule has 120 valence electrons. The zero-order chi connectivity index (χ0) is 15.9. The molecule has 1 aromatic carbocycles. The number of hydrogen-bond acceptors (Lipinski definition) is 3. The molecule has 1 aliphatic heterocycles. The highest BCUT2D eigenvalue weighted by molar-refractivity contribution is 5.80. The Morgan fingerprint density at radius 2 is 2.36 bits per heavy atom. The molecular formula is C16H24N4O2. The van der Waals surface area contributed by atoms with Crippen molar-refractivity contribution < 1.29 is 4.92 Å². The van der Waals surface area contributed by atoms with Gasteiger partial charge in [0.2, 0.25) is 0 Å². The number of non-ortho nitro benzene ring substituents is 1. The van der Waals surface area contributed by atoms with Gasteiger partial charge < -0.3 is 10.2 Å². The molecule has 0 aliphatic carbocycles. The Morgan fingerprint density at radius 3 is 3.05 bits per heavy atom. The second-order valence-electron chi connectivity index (χ2n) is 5.79. The lowest BCUT2D eigenvalue weighted by molar-refractivity contribution is -0.384. The minimum Gasteiger partial charge on any atom is -0.357 e. The molecule has 1 atom stereocenters. The van der Waals surface area contributed by atoms with E-state index in [1.807, 2.05) is 6.07 Å². The molecule has 0 bridgehead atoms. The van der Waals surface area contributed by atoms with Crippen LogP contribution >= 0.6 is 0 Å². The molecule has 1 N–H and O–H groups in total. The third-order valence-electron chi connectivity index (χ3n) is 3.82. The Labute approximate surface area is 131 Å². The van der Waals surface area contributed by atoms with Gasteiger partial charge in [-0.05, 0) is 31.2 Å². The molecule has 0 amide bonds. The van der Waals surface area contributed by atoms with E-state index in [0.717, 1.165) is 31.2 Å². The molecule has 1 saturated heterocycles. The molecule has 0 radical (unpaired) electrons. The van der Waals surface area contributed by atoms with Crippen LogP contribution in [0.25, 0.3) is 0 Å². The summed E-state index contributed by atoms with van der Waals surface area (Å²) in [6, 6.07) is 6.68. The highest BCUT2D eigenvalue weighted by Crippen LogP contribution is 2.17. The number of aliphatic imine (C=N–C) groups is 1. The van der Waals surface area contributed by atoms with Gasteiger partial charge in [0.25, 0.3) is 5.69 Å². The molecule has 1 unspecified atom stereocenters. The van der Waals surface area contributed by atoms with Crippen molar-refractivity contribution in [1.29, 1.82) is 0 Å². The number of nitrogens with zero attached hydrogens (tertiary/aromatic N) is 3. The lowest BCUT2D eigenvalue weighted by Crippen LogP contribution is -2.46. The molecule has 1 aromatic rings.